The Morgan fingerprint density at radius 1 is 1.31 bits per heavy atom. The van der Waals surface area contributed by atoms with Gasteiger partial charge in [0.2, 0.25) is 10.0 Å². The first-order chi connectivity index (χ1) is 14.9. The quantitative estimate of drug-likeness (QED) is 0.148. The molecule has 0 unspecified atom stereocenters. The van der Waals surface area contributed by atoms with Gasteiger partial charge in [-0.2, -0.15) is 0 Å². The van der Waals surface area contributed by atoms with Crippen LogP contribution in [0.25, 0.3) is 11.2 Å². The number of thioether (sulfide) groups is 1. The molecule has 1 aliphatic rings. The second-order valence-electron chi connectivity index (χ2n) is 6.79. The Bertz CT molecular complexity index is 1220. The van der Waals surface area contributed by atoms with E-state index in [9.17, 15) is 18.5 Å². The van der Waals surface area contributed by atoms with Crippen molar-refractivity contribution < 1.29 is 69.5 Å². The van der Waals surface area contributed by atoms with E-state index < -0.39 is 32.9 Å². The van der Waals surface area contributed by atoms with Gasteiger partial charge in [0.25, 0.3) is 5.69 Å². The predicted molar refractivity (Wildman–Crippen MR) is 113 cm³/mol. The molecule has 32 heavy (non-hydrogen) atoms. The molecular formula is C18H20KN6O5S2+. The first-order valence-corrected chi connectivity index (χ1v) is 12.1. The Labute approximate surface area is 231 Å². The van der Waals surface area contributed by atoms with Crippen LogP contribution in [0.3, 0.4) is 0 Å². The summed E-state index contributed by atoms with van der Waals surface area (Å²) in [6, 6.07) is 4.59. The molecule has 1 aromatic carbocycles. The number of hydrogen-bond donors (Lipinski definition) is 1. The molecule has 1 aliphatic heterocycles. The molecule has 2 aromatic heterocycles. The maximum atomic E-state index is 13.0. The maximum absolute atomic E-state index is 13.0. The standard InChI is InChI=1S/C18H20N6O5S2.K/c1-2-30-17-15-16(19-10-20-17)23(11-21-15)18-12(6-5-9-29-18)22-31(27,28)14-8-4-3-7-13(14)24(25)26;/h3-4,7-8,10-12,18,22H,2,5-6,9H2,1H3;/q;+1/t12-,18-;/m1./s1. The normalized spacial score (nSPS) is 18.9. The summed E-state index contributed by atoms with van der Waals surface area (Å²) in [5.41, 5.74) is 0.668. The molecule has 1 saturated heterocycles. The van der Waals surface area contributed by atoms with E-state index in [0.29, 0.717) is 30.6 Å². The first kappa shape index (κ1) is 25.6. The van der Waals surface area contributed by atoms with E-state index in [1.165, 1.54) is 36.3 Å². The summed E-state index contributed by atoms with van der Waals surface area (Å²) in [5, 5.41) is 12.0. The van der Waals surface area contributed by atoms with Crippen LogP contribution in [0, 0.1) is 10.1 Å². The van der Waals surface area contributed by atoms with Gasteiger partial charge < -0.3 is 4.74 Å². The van der Waals surface area contributed by atoms with Crippen LogP contribution >= 0.6 is 11.8 Å². The van der Waals surface area contributed by atoms with Crippen LogP contribution < -0.4 is 56.1 Å². The van der Waals surface area contributed by atoms with Crippen molar-refractivity contribution in [3.8, 4) is 0 Å². The van der Waals surface area contributed by atoms with Gasteiger partial charge in [0.1, 0.15) is 16.9 Å². The van der Waals surface area contributed by atoms with Gasteiger partial charge in [-0.05, 0) is 24.7 Å². The Kier molecular flexibility index (Phi) is 8.79. The Morgan fingerprint density at radius 3 is 2.84 bits per heavy atom. The summed E-state index contributed by atoms with van der Waals surface area (Å²) in [6.45, 7) is 2.45. The molecule has 0 aliphatic carbocycles. The number of ether oxygens (including phenoxy) is 1. The number of rotatable bonds is 7. The van der Waals surface area contributed by atoms with E-state index in [4.69, 9.17) is 4.74 Å². The molecule has 14 heteroatoms. The summed E-state index contributed by atoms with van der Waals surface area (Å²) in [5.74, 6) is 0.817. The van der Waals surface area contributed by atoms with Crippen molar-refractivity contribution in [3.63, 3.8) is 0 Å². The molecular weight excluding hydrogens is 483 g/mol. The van der Waals surface area contributed by atoms with Crippen molar-refractivity contribution in [1.29, 1.82) is 0 Å². The van der Waals surface area contributed by atoms with E-state index in [1.54, 1.807) is 10.9 Å². The van der Waals surface area contributed by atoms with Gasteiger partial charge in [-0.25, -0.2) is 28.1 Å². The molecule has 11 nitrogen and oxygen atoms in total. The summed E-state index contributed by atoms with van der Waals surface area (Å²) in [7, 11) is -4.17. The van der Waals surface area contributed by atoms with Crippen LogP contribution in [0.2, 0.25) is 0 Å². The number of nitro groups is 1. The van der Waals surface area contributed by atoms with Crippen molar-refractivity contribution in [2.45, 2.75) is 42.0 Å². The minimum Gasteiger partial charge on any atom is -0.356 e. The molecule has 1 fully saturated rings. The number of sulfonamides is 1. The molecule has 2 atom stereocenters. The number of nitrogens with one attached hydrogen (secondary N) is 1. The molecule has 164 valence electrons. The third kappa shape index (κ3) is 5.23. The van der Waals surface area contributed by atoms with E-state index in [-0.39, 0.29) is 56.3 Å². The molecule has 0 amide bonds. The number of fused-ring (bicyclic) bond motifs is 1. The van der Waals surface area contributed by atoms with Crippen molar-refractivity contribution in [2.24, 2.45) is 0 Å². The number of nitro benzene ring substituents is 1. The van der Waals surface area contributed by atoms with E-state index >= 15 is 0 Å². The molecule has 3 aromatic rings. The van der Waals surface area contributed by atoms with Crippen LogP contribution in [-0.2, 0) is 14.8 Å². The third-order valence-corrected chi connectivity index (χ3v) is 7.23. The number of benzene rings is 1. The van der Waals surface area contributed by atoms with Gasteiger partial charge in [0.15, 0.2) is 16.8 Å². The van der Waals surface area contributed by atoms with Crippen molar-refractivity contribution in [3.05, 3.63) is 47.0 Å². The zero-order chi connectivity index (χ0) is 22.0. The van der Waals surface area contributed by atoms with Gasteiger partial charge >= 0.3 is 51.4 Å². The van der Waals surface area contributed by atoms with Gasteiger partial charge in [-0.15, -0.1) is 11.8 Å². The number of aromatic nitrogens is 4. The van der Waals surface area contributed by atoms with Crippen molar-refractivity contribution in [1.82, 2.24) is 24.2 Å². The van der Waals surface area contributed by atoms with Crippen molar-refractivity contribution >= 4 is 38.6 Å². The topological polar surface area (TPSA) is 142 Å². The van der Waals surface area contributed by atoms with Crippen LogP contribution in [0.4, 0.5) is 5.69 Å². The summed E-state index contributed by atoms with van der Waals surface area (Å²) in [4.78, 5) is 23.2. The fourth-order valence-electron chi connectivity index (χ4n) is 3.51. The van der Waals surface area contributed by atoms with Crippen LogP contribution in [0.1, 0.15) is 26.0 Å². The monoisotopic (exact) mass is 503 g/mol. The van der Waals surface area contributed by atoms with Crippen LogP contribution in [0.15, 0.2) is 46.8 Å². The average molecular weight is 504 g/mol. The number of imidazole rings is 1. The minimum absolute atomic E-state index is 0. The molecule has 4 rings (SSSR count). The summed E-state index contributed by atoms with van der Waals surface area (Å²) >= 11 is 1.53. The van der Waals surface area contributed by atoms with Gasteiger partial charge in [0, 0.05) is 12.7 Å². The molecule has 0 bridgehead atoms. The van der Waals surface area contributed by atoms with Crippen molar-refractivity contribution in [2.75, 3.05) is 12.4 Å². The second kappa shape index (κ2) is 11.0. The van der Waals surface area contributed by atoms with Crippen LogP contribution in [-0.4, -0.2) is 51.3 Å². The van der Waals surface area contributed by atoms with E-state index in [1.807, 2.05) is 6.92 Å². The molecule has 0 radical (unpaired) electrons. The Morgan fingerprint density at radius 2 is 2.09 bits per heavy atom. The molecule has 1 N–H and O–H groups in total. The Hall–Kier alpha value is -0.974. The van der Waals surface area contributed by atoms with E-state index in [2.05, 4.69) is 19.7 Å². The summed E-state index contributed by atoms with van der Waals surface area (Å²) < 4.78 is 36.2. The average Bonchev–Trinajstić information content (AvgIpc) is 3.19. The number of nitrogens with zero attached hydrogens (tertiary/aromatic N) is 5. The molecule has 0 saturated carbocycles. The largest absolute Gasteiger partial charge is 1.00 e. The van der Waals surface area contributed by atoms with E-state index in [0.717, 1.165) is 16.8 Å². The SMILES string of the molecule is CCSc1ncnc2c1ncn2[C@@H]1OCCC[C@H]1NS(=O)(=O)c1ccccc1[N+](=O)[O-].[K+]. The maximum Gasteiger partial charge on any atom is 1.00 e. The minimum atomic E-state index is -4.17. The van der Waals surface area contributed by atoms with Gasteiger partial charge in [-0.1, -0.05) is 19.1 Å². The number of para-hydroxylation sites is 1. The second-order valence-corrected chi connectivity index (χ2v) is 9.73. The third-order valence-electron chi connectivity index (χ3n) is 4.83. The zero-order valence-electron chi connectivity index (χ0n) is 17.5. The smallest absolute Gasteiger partial charge is 0.356 e. The van der Waals surface area contributed by atoms with Gasteiger partial charge in [0.05, 0.1) is 17.3 Å². The predicted octanol–water partition coefficient (Wildman–Crippen LogP) is -0.493. The Balaban J connectivity index is 0.00000289. The summed E-state index contributed by atoms with van der Waals surface area (Å²) in [6.07, 6.45) is 3.42. The fraction of sp³-hybridized carbons (Fsp3) is 0.389. The van der Waals surface area contributed by atoms with Crippen LogP contribution in [0.5, 0.6) is 0 Å². The fourth-order valence-corrected chi connectivity index (χ4v) is 5.63. The molecule has 0 spiro atoms. The molecule has 3 heterocycles. The number of hydrogen-bond acceptors (Lipinski definition) is 9. The zero-order valence-corrected chi connectivity index (χ0v) is 22.3. The first-order valence-electron chi connectivity index (χ1n) is 9.60. The van der Waals surface area contributed by atoms with Gasteiger partial charge in [-0.3, -0.25) is 14.7 Å².